The van der Waals surface area contributed by atoms with Crippen molar-refractivity contribution in [3.63, 3.8) is 0 Å². The summed E-state index contributed by atoms with van der Waals surface area (Å²) in [5, 5.41) is 20.5. The lowest BCUT2D eigenvalue weighted by molar-refractivity contribution is 0.0926. The summed E-state index contributed by atoms with van der Waals surface area (Å²) in [6.07, 6.45) is 0. The lowest BCUT2D eigenvalue weighted by atomic mass is 9.99. The van der Waals surface area contributed by atoms with Gasteiger partial charge >= 0.3 is 0 Å². The summed E-state index contributed by atoms with van der Waals surface area (Å²) in [5.74, 6) is -0.708. The minimum absolute atomic E-state index is 0.347. The summed E-state index contributed by atoms with van der Waals surface area (Å²) in [4.78, 5) is 28.9. The summed E-state index contributed by atoms with van der Waals surface area (Å²) in [7, 11) is 0. The van der Waals surface area contributed by atoms with Crippen LogP contribution in [-0.2, 0) is 0 Å². The third-order valence-corrected chi connectivity index (χ3v) is 8.61. The van der Waals surface area contributed by atoms with Gasteiger partial charge in [-0.2, -0.15) is 10.5 Å². The Morgan fingerprint density at radius 2 is 1.02 bits per heavy atom. The van der Waals surface area contributed by atoms with Crippen molar-refractivity contribution in [2.24, 2.45) is 0 Å². The van der Waals surface area contributed by atoms with Gasteiger partial charge in [-0.3, -0.25) is 9.59 Å². The maximum atomic E-state index is 14.0. The lowest BCUT2D eigenvalue weighted by Crippen LogP contribution is -2.29. The van der Waals surface area contributed by atoms with Gasteiger partial charge in [0.1, 0.15) is 0 Å². The highest BCUT2D eigenvalue weighted by molar-refractivity contribution is 6.35. The third kappa shape index (κ3) is 4.10. The van der Waals surface area contributed by atoms with Crippen LogP contribution in [-0.4, -0.2) is 16.4 Å². The first-order chi connectivity index (χ1) is 22.6. The molecule has 0 saturated heterocycles. The number of nitriles is 2. The van der Waals surface area contributed by atoms with E-state index < -0.39 is 0 Å². The molecule has 6 nitrogen and oxygen atoms in total. The molecule has 7 aromatic rings. The normalized spacial score (nSPS) is 12.3. The molecule has 8 rings (SSSR count). The first kappa shape index (κ1) is 26.8. The standard InChI is InChI=1S/C40H22N4O2/c41-23-25-9-13-27(14-10-25)29-17-19-35-33(21-29)34-22-30(28-15-11-26(24-42)12-16-28)18-20-36(34)44(35)37-8-4-7-32-38(37)40(46)43(39(32)45)31-5-2-1-3-6-31/h1-22H. The van der Waals surface area contributed by atoms with Crippen LogP contribution in [0.3, 0.4) is 0 Å². The van der Waals surface area contributed by atoms with Gasteiger partial charge in [-0.25, -0.2) is 4.90 Å². The van der Waals surface area contributed by atoms with Crippen LogP contribution in [0.15, 0.2) is 133 Å². The molecule has 0 spiro atoms. The quantitative estimate of drug-likeness (QED) is 0.192. The highest BCUT2D eigenvalue weighted by Gasteiger charge is 2.39. The third-order valence-electron chi connectivity index (χ3n) is 8.61. The molecule has 1 aromatic heterocycles. The first-order valence-electron chi connectivity index (χ1n) is 14.7. The van der Waals surface area contributed by atoms with Crippen LogP contribution in [0.4, 0.5) is 5.69 Å². The minimum Gasteiger partial charge on any atom is -0.308 e. The molecule has 0 bridgehead atoms. The molecule has 46 heavy (non-hydrogen) atoms. The van der Waals surface area contributed by atoms with Crippen LogP contribution in [0.2, 0.25) is 0 Å². The number of nitrogens with zero attached hydrogens (tertiary/aromatic N) is 4. The smallest absolute Gasteiger partial charge is 0.268 e. The number of aromatic nitrogens is 1. The van der Waals surface area contributed by atoms with Crippen molar-refractivity contribution in [1.29, 1.82) is 10.5 Å². The average molecular weight is 591 g/mol. The molecular weight excluding hydrogens is 568 g/mol. The topological polar surface area (TPSA) is 89.9 Å². The van der Waals surface area contributed by atoms with E-state index in [0.29, 0.717) is 33.6 Å². The number of rotatable bonds is 4. The number of amides is 2. The largest absolute Gasteiger partial charge is 0.308 e. The van der Waals surface area contributed by atoms with Crippen LogP contribution >= 0.6 is 0 Å². The molecule has 2 heterocycles. The zero-order valence-electron chi connectivity index (χ0n) is 24.3. The summed E-state index contributed by atoms with van der Waals surface area (Å²) >= 11 is 0. The maximum absolute atomic E-state index is 14.0. The Hall–Kier alpha value is -6.76. The van der Waals surface area contributed by atoms with E-state index in [2.05, 4.69) is 28.8 Å². The van der Waals surface area contributed by atoms with E-state index >= 15 is 0 Å². The molecule has 6 aromatic carbocycles. The summed E-state index contributed by atoms with van der Waals surface area (Å²) in [6, 6.07) is 46.1. The Kier molecular flexibility index (Phi) is 6.10. The summed E-state index contributed by atoms with van der Waals surface area (Å²) in [5.41, 5.74) is 8.77. The molecule has 0 radical (unpaired) electrons. The number of carbonyl (C=O) groups excluding carboxylic acids is 2. The molecule has 1 aliphatic heterocycles. The molecule has 6 heteroatoms. The average Bonchev–Trinajstić information content (AvgIpc) is 3.58. The van der Waals surface area contributed by atoms with Gasteiger partial charge in [0.2, 0.25) is 0 Å². The van der Waals surface area contributed by atoms with Gasteiger partial charge in [-0.15, -0.1) is 0 Å². The molecule has 0 unspecified atom stereocenters. The molecule has 1 aliphatic rings. The lowest BCUT2D eigenvalue weighted by Gasteiger charge is -2.14. The van der Waals surface area contributed by atoms with Crippen molar-refractivity contribution in [2.75, 3.05) is 4.90 Å². The van der Waals surface area contributed by atoms with Crippen molar-refractivity contribution in [2.45, 2.75) is 0 Å². The monoisotopic (exact) mass is 590 g/mol. The Balaban J connectivity index is 1.37. The molecule has 0 fully saturated rings. The number of hydrogen-bond acceptors (Lipinski definition) is 4. The first-order valence-corrected chi connectivity index (χ1v) is 14.7. The highest BCUT2D eigenvalue weighted by Crippen LogP contribution is 2.40. The van der Waals surface area contributed by atoms with E-state index in [1.54, 1.807) is 42.5 Å². The van der Waals surface area contributed by atoms with Crippen LogP contribution in [0.25, 0.3) is 49.7 Å². The fourth-order valence-electron chi connectivity index (χ4n) is 6.38. The minimum atomic E-state index is -0.361. The van der Waals surface area contributed by atoms with Crippen molar-refractivity contribution in [3.8, 4) is 40.1 Å². The molecule has 214 valence electrons. The van der Waals surface area contributed by atoms with E-state index in [0.717, 1.165) is 44.1 Å². The molecule has 0 saturated carbocycles. The number of imide groups is 1. The zero-order chi connectivity index (χ0) is 31.4. The molecule has 0 aliphatic carbocycles. The SMILES string of the molecule is N#Cc1ccc(-c2ccc3c(c2)c2cc(-c4ccc(C#N)cc4)ccc2n3-c2cccc3c2C(=O)N(c2ccccc2)C3=O)cc1. The molecule has 2 amide bonds. The Bertz CT molecular complexity index is 2350. The number of benzene rings is 6. The fourth-order valence-corrected chi connectivity index (χ4v) is 6.38. The van der Waals surface area contributed by atoms with Gasteiger partial charge in [0, 0.05) is 10.8 Å². The van der Waals surface area contributed by atoms with E-state index in [1.165, 1.54) is 4.90 Å². The molecular formula is C40H22N4O2. The van der Waals surface area contributed by atoms with Gasteiger partial charge < -0.3 is 4.57 Å². The van der Waals surface area contributed by atoms with Crippen LogP contribution in [0, 0.1) is 22.7 Å². The second-order valence-electron chi connectivity index (χ2n) is 11.2. The highest BCUT2D eigenvalue weighted by atomic mass is 16.2. The van der Waals surface area contributed by atoms with Crippen molar-refractivity contribution >= 4 is 39.3 Å². The maximum Gasteiger partial charge on any atom is 0.268 e. The van der Waals surface area contributed by atoms with Gasteiger partial charge in [-0.1, -0.05) is 60.7 Å². The van der Waals surface area contributed by atoms with Crippen molar-refractivity contribution < 1.29 is 9.59 Å². The van der Waals surface area contributed by atoms with Crippen LogP contribution in [0.5, 0.6) is 0 Å². The Morgan fingerprint density at radius 3 is 1.54 bits per heavy atom. The van der Waals surface area contributed by atoms with Gasteiger partial charge in [0.25, 0.3) is 11.8 Å². The molecule has 0 atom stereocenters. The number of hydrogen-bond donors (Lipinski definition) is 0. The van der Waals surface area contributed by atoms with Gasteiger partial charge in [0.15, 0.2) is 0 Å². The van der Waals surface area contributed by atoms with Crippen molar-refractivity contribution in [3.05, 3.63) is 156 Å². The summed E-state index contributed by atoms with van der Waals surface area (Å²) < 4.78 is 2.06. The number of carbonyl (C=O) groups is 2. The second kappa shape index (κ2) is 10.4. The number of para-hydroxylation sites is 1. The fraction of sp³-hybridized carbons (Fsp3) is 0. The summed E-state index contributed by atoms with van der Waals surface area (Å²) in [6.45, 7) is 0. The van der Waals surface area contributed by atoms with Gasteiger partial charge in [0.05, 0.1) is 56.8 Å². The van der Waals surface area contributed by atoms with Gasteiger partial charge in [-0.05, 0) is 95.1 Å². The zero-order valence-corrected chi connectivity index (χ0v) is 24.3. The Morgan fingerprint density at radius 1 is 0.500 bits per heavy atom. The predicted octanol–water partition coefficient (Wildman–Crippen LogP) is 8.66. The van der Waals surface area contributed by atoms with E-state index in [4.69, 9.17) is 0 Å². The number of fused-ring (bicyclic) bond motifs is 4. The molecule has 0 N–H and O–H groups in total. The second-order valence-corrected chi connectivity index (χ2v) is 11.2. The van der Waals surface area contributed by atoms with Crippen LogP contribution < -0.4 is 4.90 Å². The van der Waals surface area contributed by atoms with Crippen molar-refractivity contribution in [1.82, 2.24) is 4.57 Å². The van der Waals surface area contributed by atoms with Crippen LogP contribution in [0.1, 0.15) is 31.8 Å². The Labute approximate surface area is 264 Å². The van der Waals surface area contributed by atoms with E-state index in [-0.39, 0.29) is 11.8 Å². The van der Waals surface area contributed by atoms with E-state index in [1.807, 2.05) is 78.9 Å². The number of anilines is 1. The predicted molar refractivity (Wildman–Crippen MR) is 179 cm³/mol. The van der Waals surface area contributed by atoms with E-state index in [9.17, 15) is 20.1 Å².